The van der Waals surface area contributed by atoms with Crippen LogP contribution in [0.1, 0.15) is 34.1 Å². The Balaban J connectivity index is 3.72. The highest BCUT2D eigenvalue weighted by Crippen LogP contribution is 2.04. The monoisotopic (exact) mass is 213 g/mol. The molecule has 0 spiro atoms. The van der Waals surface area contributed by atoms with E-state index >= 15 is 0 Å². The topological polar surface area (TPSA) is 38.3 Å². The molecule has 0 aromatic heterocycles. The number of carbonyl (C=O) groups excluding carboxylic acids is 1. The minimum atomic E-state index is -0.267. The number of hydrogen-bond donors (Lipinski definition) is 1. The van der Waals surface area contributed by atoms with Crippen LogP contribution >= 0.6 is 0 Å². The van der Waals surface area contributed by atoms with Gasteiger partial charge in [-0.3, -0.25) is 0 Å². The minimum absolute atomic E-state index is 0.267. The Labute approximate surface area is 92.9 Å². The van der Waals surface area contributed by atoms with Crippen LogP contribution in [0.4, 0.5) is 0 Å². The molecule has 3 heteroatoms. The molecule has 0 aliphatic rings. The summed E-state index contributed by atoms with van der Waals surface area (Å²) in [5.74, 6) is 0.350. The quantitative estimate of drug-likeness (QED) is 0.520. The fraction of sp³-hybridized carbons (Fsp3) is 0.750. The molecule has 0 aliphatic carbocycles. The van der Waals surface area contributed by atoms with Gasteiger partial charge in [-0.25, -0.2) is 4.79 Å². The zero-order chi connectivity index (χ0) is 11.7. The van der Waals surface area contributed by atoms with Crippen LogP contribution in [0, 0.1) is 5.92 Å². The Bertz CT molecular complexity index is 200. The predicted octanol–water partition coefficient (Wildman–Crippen LogP) is 2.13. The summed E-state index contributed by atoms with van der Waals surface area (Å²) in [5, 5.41) is 3.37. The third-order valence-corrected chi connectivity index (χ3v) is 2.28. The van der Waals surface area contributed by atoms with Crippen molar-refractivity contribution in [3.05, 3.63) is 12.2 Å². The Morgan fingerprint density at radius 2 is 2.07 bits per heavy atom. The smallest absolute Gasteiger partial charge is 0.330 e. The SMILES string of the molecule is CCOC(=O)/C=C/CNC(CC)C(C)C. The molecule has 0 saturated carbocycles. The molecule has 88 valence electrons. The molecule has 1 atom stereocenters. The van der Waals surface area contributed by atoms with E-state index in [4.69, 9.17) is 4.74 Å². The van der Waals surface area contributed by atoms with Gasteiger partial charge in [0.2, 0.25) is 0 Å². The van der Waals surface area contributed by atoms with Gasteiger partial charge in [-0.15, -0.1) is 0 Å². The molecule has 0 bridgehead atoms. The molecular formula is C12H23NO2. The number of carbonyl (C=O) groups is 1. The average molecular weight is 213 g/mol. The molecule has 0 aliphatic heterocycles. The average Bonchev–Trinajstić information content (AvgIpc) is 2.17. The van der Waals surface area contributed by atoms with Gasteiger partial charge in [0.05, 0.1) is 6.61 Å². The van der Waals surface area contributed by atoms with Crippen molar-refractivity contribution in [1.82, 2.24) is 5.32 Å². The Morgan fingerprint density at radius 1 is 1.40 bits per heavy atom. The molecule has 0 saturated heterocycles. The van der Waals surface area contributed by atoms with Crippen LogP contribution in [0.15, 0.2) is 12.2 Å². The minimum Gasteiger partial charge on any atom is -0.463 e. The van der Waals surface area contributed by atoms with Crippen LogP contribution in [0.5, 0.6) is 0 Å². The van der Waals surface area contributed by atoms with Crippen molar-refractivity contribution in [2.45, 2.75) is 40.2 Å². The van der Waals surface area contributed by atoms with Crippen molar-refractivity contribution in [3.8, 4) is 0 Å². The lowest BCUT2D eigenvalue weighted by Gasteiger charge is -2.19. The molecular weight excluding hydrogens is 190 g/mol. The van der Waals surface area contributed by atoms with Crippen LogP contribution in [0.3, 0.4) is 0 Å². The molecule has 0 aromatic carbocycles. The van der Waals surface area contributed by atoms with Gasteiger partial charge >= 0.3 is 5.97 Å². The third-order valence-electron chi connectivity index (χ3n) is 2.28. The number of esters is 1. The van der Waals surface area contributed by atoms with E-state index in [9.17, 15) is 4.79 Å². The standard InChI is InChI=1S/C12H23NO2/c1-5-11(10(3)4)13-9-7-8-12(14)15-6-2/h7-8,10-11,13H,5-6,9H2,1-4H3/b8-7+. The molecule has 0 aromatic rings. The van der Waals surface area contributed by atoms with Gasteiger partial charge in [-0.2, -0.15) is 0 Å². The van der Waals surface area contributed by atoms with E-state index in [1.54, 1.807) is 6.92 Å². The molecule has 0 amide bonds. The molecule has 1 unspecified atom stereocenters. The predicted molar refractivity (Wildman–Crippen MR) is 62.7 cm³/mol. The Hall–Kier alpha value is -0.830. The maximum absolute atomic E-state index is 11.0. The van der Waals surface area contributed by atoms with Gasteiger partial charge in [0.1, 0.15) is 0 Å². The molecule has 1 N–H and O–H groups in total. The molecule has 15 heavy (non-hydrogen) atoms. The van der Waals surface area contributed by atoms with Crippen LogP contribution in [-0.2, 0) is 9.53 Å². The van der Waals surface area contributed by atoms with Gasteiger partial charge in [0.15, 0.2) is 0 Å². The molecule has 0 radical (unpaired) electrons. The fourth-order valence-corrected chi connectivity index (χ4v) is 1.42. The lowest BCUT2D eigenvalue weighted by atomic mass is 10.0. The highest BCUT2D eigenvalue weighted by Gasteiger charge is 2.08. The lowest BCUT2D eigenvalue weighted by molar-refractivity contribution is -0.137. The van der Waals surface area contributed by atoms with Crippen molar-refractivity contribution in [2.75, 3.05) is 13.2 Å². The second kappa shape index (κ2) is 8.48. The van der Waals surface area contributed by atoms with Crippen molar-refractivity contribution < 1.29 is 9.53 Å². The fourth-order valence-electron chi connectivity index (χ4n) is 1.42. The van der Waals surface area contributed by atoms with Crippen molar-refractivity contribution >= 4 is 5.97 Å². The molecule has 0 heterocycles. The zero-order valence-corrected chi connectivity index (χ0v) is 10.2. The second-order valence-electron chi connectivity index (χ2n) is 3.82. The van der Waals surface area contributed by atoms with Crippen LogP contribution in [0.25, 0.3) is 0 Å². The van der Waals surface area contributed by atoms with Gasteiger partial charge in [0, 0.05) is 18.7 Å². The van der Waals surface area contributed by atoms with Crippen LogP contribution < -0.4 is 5.32 Å². The number of nitrogens with one attached hydrogen (secondary N) is 1. The summed E-state index contributed by atoms with van der Waals surface area (Å²) in [6, 6.07) is 0.511. The first kappa shape index (κ1) is 14.2. The molecule has 0 rings (SSSR count). The maximum atomic E-state index is 11.0. The first-order valence-corrected chi connectivity index (χ1v) is 5.68. The van der Waals surface area contributed by atoms with E-state index in [-0.39, 0.29) is 5.97 Å². The van der Waals surface area contributed by atoms with Gasteiger partial charge in [0.25, 0.3) is 0 Å². The van der Waals surface area contributed by atoms with Crippen LogP contribution in [-0.4, -0.2) is 25.2 Å². The van der Waals surface area contributed by atoms with E-state index in [1.807, 2.05) is 6.08 Å². The summed E-state index contributed by atoms with van der Waals surface area (Å²) >= 11 is 0. The summed E-state index contributed by atoms with van der Waals surface area (Å²) in [7, 11) is 0. The Morgan fingerprint density at radius 3 is 2.53 bits per heavy atom. The maximum Gasteiger partial charge on any atom is 0.330 e. The van der Waals surface area contributed by atoms with E-state index in [0.29, 0.717) is 18.6 Å². The second-order valence-corrected chi connectivity index (χ2v) is 3.82. The Kier molecular flexibility index (Phi) is 8.01. The third kappa shape index (κ3) is 7.14. The normalized spacial score (nSPS) is 13.4. The summed E-state index contributed by atoms with van der Waals surface area (Å²) in [6.45, 7) is 9.49. The van der Waals surface area contributed by atoms with E-state index in [1.165, 1.54) is 6.08 Å². The largest absolute Gasteiger partial charge is 0.463 e. The highest BCUT2D eigenvalue weighted by atomic mass is 16.5. The first-order chi connectivity index (χ1) is 7.11. The molecule has 0 fully saturated rings. The number of rotatable bonds is 7. The number of hydrogen-bond acceptors (Lipinski definition) is 3. The van der Waals surface area contributed by atoms with Gasteiger partial charge < -0.3 is 10.1 Å². The van der Waals surface area contributed by atoms with Crippen molar-refractivity contribution in [2.24, 2.45) is 5.92 Å². The number of ether oxygens (including phenoxy) is 1. The van der Waals surface area contributed by atoms with E-state index < -0.39 is 0 Å². The summed E-state index contributed by atoms with van der Waals surface area (Å²) < 4.78 is 4.77. The van der Waals surface area contributed by atoms with Crippen molar-refractivity contribution in [1.29, 1.82) is 0 Å². The first-order valence-electron chi connectivity index (χ1n) is 5.68. The highest BCUT2D eigenvalue weighted by molar-refractivity contribution is 5.81. The van der Waals surface area contributed by atoms with E-state index in [2.05, 4.69) is 26.1 Å². The summed E-state index contributed by atoms with van der Waals surface area (Å²) in [4.78, 5) is 11.0. The lowest BCUT2D eigenvalue weighted by Crippen LogP contribution is -2.33. The molecule has 3 nitrogen and oxygen atoms in total. The van der Waals surface area contributed by atoms with Crippen molar-refractivity contribution in [3.63, 3.8) is 0 Å². The van der Waals surface area contributed by atoms with Gasteiger partial charge in [-0.05, 0) is 19.3 Å². The summed E-state index contributed by atoms with van der Waals surface area (Å²) in [6.07, 6.45) is 4.39. The zero-order valence-electron chi connectivity index (χ0n) is 10.2. The van der Waals surface area contributed by atoms with Crippen LogP contribution in [0.2, 0.25) is 0 Å². The summed E-state index contributed by atoms with van der Waals surface area (Å²) in [5.41, 5.74) is 0. The van der Waals surface area contributed by atoms with E-state index in [0.717, 1.165) is 13.0 Å². The van der Waals surface area contributed by atoms with Gasteiger partial charge in [-0.1, -0.05) is 26.8 Å².